The number of nitrogens with zero attached hydrogens (tertiary/aromatic N) is 3. The first-order valence-electron chi connectivity index (χ1n) is 12.3. The Balaban J connectivity index is 1.66. The zero-order chi connectivity index (χ0) is 26.0. The van der Waals surface area contributed by atoms with E-state index in [9.17, 15) is 14.3 Å². The molecule has 1 aliphatic heterocycles. The van der Waals surface area contributed by atoms with Crippen molar-refractivity contribution in [1.29, 1.82) is 0 Å². The van der Waals surface area contributed by atoms with Crippen LogP contribution in [0.2, 0.25) is 0 Å². The summed E-state index contributed by atoms with van der Waals surface area (Å²) in [7, 11) is 1.66. The number of piperazine rings is 1. The van der Waals surface area contributed by atoms with Gasteiger partial charge in [-0.05, 0) is 60.7 Å². The summed E-state index contributed by atoms with van der Waals surface area (Å²) in [5.74, 6) is 0.1000. The molecule has 3 aromatic rings. The van der Waals surface area contributed by atoms with E-state index in [2.05, 4.69) is 42.7 Å². The SMILES string of the molecule is COc1ccc(CN2CCN(c3nc(C(C)C)c(-c4ccc(F)cc4)c(C)c3C(=O)O)CC2C)cc1. The number of pyridine rings is 1. The normalized spacial score (nSPS) is 16.4. The predicted octanol–water partition coefficient (Wildman–Crippen LogP) is 5.74. The number of benzene rings is 2. The highest BCUT2D eigenvalue weighted by Gasteiger charge is 2.31. The molecule has 1 unspecified atom stereocenters. The molecular weight excluding hydrogens is 457 g/mol. The second-order valence-electron chi connectivity index (χ2n) is 9.78. The minimum absolute atomic E-state index is 0.0686. The molecule has 0 saturated carbocycles. The van der Waals surface area contributed by atoms with Gasteiger partial charge in [-0.25, -0.2) is 14.2 Å². The molecule has 190 valence electrons. The Morgan fingerprint density at radius 1 is 1.14 bits per heavy atom. The molecule has 2 aromatic carbocycles. The lowest BCUT2D eigenvalue weighted by molar-refractivity contribution is 0.0696. The fourth-order valence-electron chi connectivity index (χ4n) is 4.98. The molecule has 0 radical (unpaired) electrons. The number of aromatic carboxylic acids is 1. The Hall–Kier alpha value is -3.45. The average Bonchev–Trinajstić information content (AvgIpc) is 2.85. The summed E-state index contributed by atoms with van der Waals surface area (Å²) < 4.78 is 18.9. The fourth-order valence-corrected chi connectivity index (χ4v) is 4.98. The molecule has 0 spiro atoms. The van der Waals surface area contributed by atoms with E-state index in [1.807, 2.05) is 19.1 Å². The Morgan fingerprint density at radius 2 is 1.81 bits per heavy atom. The third kappa shape index (κ3) is 5.21. The molecule has 2 heterocycles. The van der Waals surface area contributed by atoms with E-state index < -0.39 is 5.97 Å². The number of carbonyl (C=O) groups is 1. The number of ether oxygens (including phenoxy) is 1. The minimum Gasteiger partial charge on any atom is -0.497 e. The van der Waals surface area contributed by atoms with E-state index >= 15 is 0 Å². The number of methoxy groups -OCH3 is 1. The second-order valence-corrected chi connectivity index (χ2v) is 9.78. The maximum absolute atomic E-state index is 13.6. The molecule has 1 fully saturated rings. The molecule has 0 aliphatic carbocycles. The first-order chi connectivity index (χ1) is 17.2. The summed E-state index contributed by atoms with van der Waals surface area (Å²) in [5.41, 5.74) is 4.47. The van der Waals surface area contributed by atoms with Crippen LogP contribution in [0, 0.1) is 12.7 Å². The van der Waals surface area contributed by atoms with Gasteiger partial charge in [0.15, 0.2) is 0 Å². The van der Waals surface area contributed by atoms with Gasteiger partial charge >= 0.3 is 5.97 Å². The van der Waals surface area contributed by atoms with Crippen molar-refractivity contribution in [3.63, 3.8) is 0 Å². The third-order valence-corrected chi connectivity index (χ3v) is 6.96. The quantitative estimate of drug-likeness (QED) is 0.455. The van der Waals surface area contributed by atoms with Gasteiger partial charge in [0, 0.05) is 37.8 Å². The molecule has 1 atom stereocenters. The van der Waals surface area contributed by atoms with Gasteiger partial charge in [-0.15, -0.1) is 0 Å². The standard InChI is InChI=1S/C29H34FN3O3/c1-18(2)27-25(22-8-10-23(30)11-9-22)20(4)26(29(34)35)28(31-27)33-15-14-32(19(3)16-33)17-21-6-12-24(36-5)13-7-21/h6-13,18-19H,14-17H2,1-5H3,(H,34,35). The van der Waals surface area contributed by atoms with Gasteiger partial charge in [-0.2, -0.15) is 0 Å². The Labute approximate surface area is 212 Å². The lowest BCUT2D eigenvalue weighted by Crippen LogP contribution is -2.52. The van der Waals surface area contributed by atoms with Crippen LogP contribution in [0.3, 0.4) is 0 Å². The highest BCUT2D eigenvalue weighted by atomic mass is 19.1. The van der Waals surface area contributed by atoms with Crippen LogP contribution < -0.4 is 9.64 Å². The molecule has 4 rings (SSSR count). The topological polar surface area (TPSA) is 65.9 Å². The zero-order valence-corrected chi connectivity index (χ0v) is 21.6. The number of hydrogen-bond acceptors (Lipinski definition) is 5. The maximum atomic E-state index is 13.6. The van der Waals surface area contributed by atoms with E-state index in [-0.39, 0.29) is 23.3 Å². The highest BCUT2D eigenvalue weighted by Crippen LogP contribution is 2.37. The molecule has 0 amide bonds. The molecule has 1 N–H and O–H groups in total. The third-order valence-electron chi connectivity index (χ3n) is 6.96. The smallest absolute Gasteiger partial charge is 0.339 e. The maximum Gasteiger partial charge on any atom is 0.339 e. The highest BCUT2D eigenvalue weighted by molar-refractivity contribution is 5.98. The lowest BCUT2D eigenvalue weighted by Gasteiger charge is -2.41. The van der Waals surface area contributed by atoms with Crippen LogP contribution in [0.25, 0.3) is 11.1 Å². The van der Waals surface area contributed by atoms with Crippen molar-refractivity contribution in [2.45, 2.75) is 46.2 Å². The molecule has 1 saturated heterocycles. The van der Waals surface area contributed by atoms with E-state index in [1.165, 1.54) is 17.7 Å². The first kappa shape index (κ1) is 25.6. The van der Waals surface area contributed by atoms with Gasteiger partial charge in [0.1, 0.15) is 22.9 Å². The molecule has 36 heavy (non-hydrogen) atoms. The van der Waals surface area contributed by atoms with Crippen molar-refractivity contribution in [3.8, 4) is 16.9 Å². The van der Waals surface area contributed by atoms with Gasteiger partial charge in [0.2, 0.25) is 0 Å². The Kier molecular flexibility index (Phi) is 7.59. The molecule has 6 nitrogen and oxygen atoms in total. The number of carboxylic acid groups (broad SMARTS) is 1. The number of aromatic nitrogens is 1. The van der Waals surface area contributed by atoms with Crippen LogP contribution in [0.5, 0.6) is 5.75 Å². The van der Waals surface area contributed by atoms with Gasteiger partial charge in [0.25, 0.3) is 0 Å². The average molecular weight is 492 g/mol. The van der Waals surface area contributed by atoms with Crippen LogP contribution in [-0.2, 0) is 6.54 Å². The molecule has 7 heteroatoms. The number of hydrogen-bond donors (Lipinski definition) is 1. The molecular formula is C29H34FN3O3. The van der Waals surface area contributed by atoms with Crippen molar-refractivity contribution >= 4 is 11.8 Å². The van der Waals surface area contributed by atoms with Crippen molar-refractivity contribution in [2.24, 2.45) is 0 Å². The predicted molar refractivity (Wildman–Crippen MR) is 140 cm³/mol. The summed E-state index contributed by atoms with van der Waals surface area (Å²) in [6.45, 7) is 11.1. The van der Waals surface area contributed by atoms with Crippen molar-refractivity contribution < 1.29 is 19.0 Å². The number of carboxylic acids is 1. The van der Waals surface area contributed by atoms with E-state index in [0.29, 0.717) is 24.5 Å². The van der Waals surface area contributed by atoms with Crippen molar-refractivity contribution in [2.75, 3.05) is 31.6 Å². The number of rotatable bonds is 7. The molecule has 0 bridgehead atoms. The van der Waals surface area contributed by atoms with Crippen LogP contribution in [0.1, 0.15) is 53.9 Å². The van der Waals surface area contributed by atoms with Crippen LogP contribution in [0.15, 0.2) is 48.5 Å². The molecule has 1 aliphatic rings. The van der Waals surface area contributed by atoms with E-state index in [1.54, 1.807) is 19.2 Å². The summed E-state index contributed by atoms with van der Waals surface area (Å²) in [6.07, 6.45) is 0. The zero-order valence-electron chi connectivity index (χ0n) is 21.6. The number of anilines is 1. The van der Waals surface area contributed by atoms with Gasteiger partial charge in [0.05, 0.1) is 12.8 Å². The monoisotopic (exact) mass is 491 g/mol. The Bertz CT molecular complexity index is 1230. The largest absolute Gasteiger partial charge is 0.497 e. The number of halogens is 1. The van der Waals surface area contributed by atoms with E-state index in [0.717, 1.165) is 35.7 Å². The fraction of sp³-hybridized carbons (Fsp3) is 0.379. The summed E-state index contributed by atoms with van der Waals surface area (Å²) in [6, 6.07) is 14.5. The van der Waals surface area contributed by atoms with Gasteiger partial charge < -0.3 is 14.7 Å². The van der Waals surface area contributed by atoms with Gasteiger partial charge in [-0.1, -0.05) is 38.1 Å². The first-order valence-corrected chi connectivity index (χ1v) is 12.3. The van der Waals surface area contributed by atoms with Crippen molar-refractivity contribution in [3.05, 3.63) is 76.7 Å². The van der Waals surface area contributed by atoms with Gasteiger partial charge in [-0.3, -0.25) is 4.90 Å². The summed E-state index contributed by atoms with van der Waals surface area (Å²) >= 11 is 0. The van der Waals surface area contributed by atoms with E-state index in [4.69, 9.17) is 9.72 Å². The van der Waals surface area contributed by atoms with Crippen LogP contribution in [0.4, 0.5) is 10.2 Å². The second kappa shape index (κ2) is 10.7. The van der Waals surface area contributed by atoms with Crippen LogP contribution in [-0.4, -0.2) is 53.7 Å². The van der Waals surface area contributed by atoms with Crippen molar-refractivity contribution in [1.82, 2.24) is 9.88 Å². The minimum atomic E-state index is -0.998. The Morgan fingerprint density at radius 3 is 2.36 bits per heavy atom. The molecule has 1 aromatic heterocycles. The summed E-state index contributed by atoms with van der Waals surface area (Å²) in [5, 5.41) is 10.2. The van der Waals surface area contributed by atoms with Crippen LogP contribution >= 0.6 is 0 Å². The lowest BCUT2D eigenvalue weighted by atomic mass is 9.90. The summed E-state index contributed by atoms with van der Waals surface area (Å²) in [4.78, 5) is 22.0.